The average Bonchev–Trinajstić information content (AvgIpc) is 3.09. The van der Waals surface area contributed by atoms with Crippen molar-refractivity contribution in [2.45, 2.75) is 18.3 Å². The molecule has 1 heterocycles. The number of methoxy groups -OCH3 is 1. The summed E-state index contributed by atoms with van der Waals surface area (Å²) in [5.74, 6) is -1.65. The minimum absolute atomic E-state index is 0.108. The molecule has 3 aromatic carbocycles. The van der Waals surface area contributed by atoms with E-state index in [0.29, 0.717) is 11.4 Å². The molecule has 0 unspecified atom stereocenters. The summed E-state index contributed by atoms with van der Waals surface area (Å²) in [4.78, 5) is 42.6. The van der Waals surface area contributed by atoms with Gasteiger partial charge in [0, 0.05) is 5.92 Å². The van der Waals surface area contributed by atoms with Gasteiger partial charge in [0.25, 0.3) is 0 Å². The second-order valence-electron chi connectivity index (χ2n) is 8.73. The average molecular weight is 423 g/mol. The highest BCUT2D eigenvalue weighted by atomic mass is 16.5. The fourth-order valence-electron chi connectivity index (χ4n) is 6.36. The predicted molar refractivity (Wildman–Crippen MR) is 119 cm³/mol. The summed E-state index contributed by atoms with van der Waals surface area (Å²) >= 11 is 0. The van der Waals surface area contributed by atoms with E-state index in [1.165, 1.54) is 4.90 Å². The summed E-state index contributed by atoms with van der Waals surface area (Å²) < 4.78 is 5.22. The molecule has 0 aromatic heterocycles. The van der Waals surface area contributed by atoms with Gasteiger partial charge in [-0.05, 0) is 53.4 Å². The molecule has 7 rings (SSSR count). The number of nitrogens with zero attached hydrogens (tertiary/aromatic N) is 1. The van der Waals surface area contributed by atoms with Gasteiger partial charge in [-0.1, -0.05) is 48.5 Å². The van der Waals surface area contributed by atoms with E-state index in [1.54, 1.807) is 38.3 Å². The van der Waals surface area contributed by atoms with Gasteiger partial charge >= 0.3 is 0 Å². The molecular formula is C27H21NO4. The smallest absolute Gasteiger partial charge is 0.239 e. The van der Waals surface area contributed by atoms with Crippen LogP contribution in [0.1, 0.15) is 35.1 Å². The van der Waals surface area contributed by atoms with Gasteiger partial charge in [0.1, 0.15) is 11.5 Å². The lowest BCUT2D eigenvalue weighted by molar-refractivity contribution is -0.132. The van der Waals surface area contributed by atoms with Crippen molar-refractivity contribution in [2.24, 2.45) is 11.8 Å². The van der Waals surface area contributed by atoms with Crippen molar-refractivity contribution >= 4 is 23.3 Å². The molecule has 5 nitrogen and oxygen atoms in total. The van der Waals surface area contributed by atoms with Crippen molar-refractivity contribution < 1.29 is 19.1 Å². The van der Waals surface area contributed by atoms with E-state index in [2.05, 4.69) is 0 Å². The number of anilines is 1. The van der Waals surface area contributed by atoms with Crippen molar-refractivity contribution in [2.75, 3.05) is 12.0 Å². The van der Waals surface area contributed by atoms with Crippen molar-refractivity contribution in [1.29, 1.82) is 0 Å². The molecule has 4 aliphatic rings. The van der Waals surface area contributed by atoms with E-state index >= 15 is 0 Å². The molecule has 158 valence electrons. The quantitative estimate of drug-likeness (QED) is 0.601. The zero-order valence-corrected chi connectivity index (χ0v) is 17.7. The number of rotatable bonds is 3. The monoisotopic (exact) mass is 423 g/mol. The van der Waals surface area contributed by atoms with E-state index in [4.69, 9.17) is 4.74 Å². The van der Waals surface area contributed by atoms with Gasteiger partial charge in [-0.3, -0.25) is 14.4 Å². The first-order valence-electron chi connectivity index (χ1n) is 10.7. The molecule has 0 saturated carbocycles. The number of benzene rings is 3. The topological polar surface area (TPSA) is 63.7 Å². The Kier molecular flexibility index (Phi) is 3.79. The van der Waals surface area contributed by atoms with E-state index in [0.717, 1.165) is 22.3 Å². The van der Waals surface area contributed by atoms with Gasteiger partial charge in [-0.25, -0.2) is 4.90 Å². The Morgan fingerprint density at radius 1 is 0.844 bits per heavy atom. The van der Waals surface area contributed by atoms with Crippen LogP contribution in [-0.2, 0) is 19.8 Å². The fraction of sp³-hybridized carbons (Fsp3) is 0.222. The number of ether oxygens (including phenoxy) is 1. The number of hydrogen-bond acceptors (Lipinski definition) is 4. The third kappa shape index (κ3) is 2.06. The second-order valence-corrected chi connectivity index (χ2v) is 8.73. The van der Waals surface area contributed by atoms with Crippen LogP contribution in [0, 0.1) is 11.8 Å². The van der Waals surface area contributed by atoms with E-state index in [1.807, 2.05) is 48.5 Å². The molecule has 0 spiro atoms. The maximum Gasteiger partial charge on any atom is 0.239 e. The van der Waals surface area contributed by atoms with Crippen LogP contribution in [0.5, 0.6) is 5.75 Å². The molecule has 3 aromatic rings. The second kappa shape index (κ2) is 6.39. The molecule has 2 atom stereocenters. The van der Waals surface area contributed by atoms with Crippen LogP contribution in [-0.4, -0.2) is 24.7 Å². The van der Waals surface area contributed by atoms with Crippen molar-refractivity contribution in [3.05, 3.63) is 95.1 Å². The first-order valence-corrected chi connectivity index (χ1v) is 10.7. The van der Waals surface area contributed by atoms with Gasteiger partial charge in [-0.2, -0.15) is 0 Å². The van der Waals surface area contributed by atoms with Gasteiger partial charge in [-0.15, -0.1) is 0 Å². The minimum atomic E-state index is -1.17. The van der Waals surface area contributed by atoms with Crippen molar-refractivity contribution in [3.8, 4) is 5.75 Å². The maximum absolute atomic E-state index is 13.9. The Bertz CT molecular complexity index is 1260. The number of imide groups is 1. The third-order valence-electron chi connectivity index (χ3n) is 7.50. The number of hydrogen-bond donors (Lipinski definition) is 0. The van der Waals surface area contributed by atoms with Crippen LogP contribution >= 0.6 is 0 Å². The molecular weight excluding hydrogens is 402 g/mol. The lowest BCUT2D eigenvalue weighted by atomic mass is 9.46. The summed E-state index contributed by atoms with van der Waals surface area (Å²) in [6.07, 6.45) is 0. The molecule has 5 heteroatoms. The number of amides is 2. The predicted octanol–water partition coefficient (Wildman–Crippen LogP) is 3.84. The Labute approximate surface area is 185 Å². The van der Waals surface area contributed by atoms with Gasteiger partial charge < -0.3 is 4.74 Å². The first kappa shape index (κ1) is 19.0. The molecule has 0 N–H and O–H groups in total. The Balaban J connectivity index is 1.63. The summed E-state index contributed by atoms with van der Waals surface area (Å²) in [6.45, 7) is 1.55. The van der Waals surface area contributed by atoms with Crippen molar-refractivity contribution in [1.82, 2.24) is 0 Å². The van der Waals surface area contributed by atoms with Crippen molar-refractivity contribution in [3.63, 3.8) is 0 Å². The zero-order chi connectivity index (χ0) is 22.2. The highest BCUT2D eigenvalue weighted by molar-refractivity contribution is 6.25. The molecule has 32 heavy (non-hydrogen) atoms. The summed E-state index contributed by atoms with van der Waals surface area (Å²) in [6, 6.07) is 22.5. The Morgan fingerprint density at radius 3 is 1.94 bits per heavy atom. The molecule has 2 bridgehead atoms. The molecule has 3 aliphatic carbocycles. The highest BCUT2D eigenvalue weighted by Crippen LogP contribution is 2.64. The van der Waals surface area contributed by atoms with Crippen LogP contribution < -0.4 is 9.64 Å². The van der Waals surface area contributed by atoms with Gasteiger partial charge in [0.15, 0.2) is 0 Å². The molecule has 1 aliphatic heterocycles. The van der Waals surface area contributed by atoms with Gasteiger partial charge in [0.05, 0.1) is 30.0 Å². The molecule has 0 radical (unpaired) electrons. The number of carbonyl (C=O) groups is 3. The van der Waals surface area contributed by atoms with E-state index in [9.17, 15) is 14.4 Å². The number of ketones is 1. The number of Topliss-reactive ketones (excluding diaryl/α,β-unsaturated/α-hetero) is 1. The zero-order valence-electron chi connectivity index (χ0n) is 17.7. The molecule has 1 saturated heterocycles. The Morgan fingerprint density at radius 2 is 1.41 bits per heavy atom. The van der Waals surface area contributed by atoms with E-state index in [-0.39, 0.29) is 23.5 Å². The summed E-state index contributed by atoms with van der Waals surface area (Å²) in [5.41, 5.74) is 2.99. The van der Waals surface area contributed by atoms with Crippen LogP contribution in [0.3, 0.4) is 0 Å². The summed E-state index contributed by atoms with van der Waals surface area (Å²) in [5, 5.41) is 0. The van der Waals surface area contributed by atoms with Crippen LogP contribution in [0.2, 0.25) is 0 Å². The normalized spacial score (nSPS) is 27.1. The molecule has 2 amide bonds. The highest BCUT2D eigenvalue weighted by Gasteiger charge is 2.69. The summed E-state index contributed by atoms with van der Waals surface area (Å²) in [7, 11) is 1.57. The maximum atomic E-state index is 13.9. The number of carbonyl (C=O) groups excluding carboxylic acids is 3. The van der Waals surface area contributed by atoms with Gasteiger partial charge in [0.2, 0.25) is 11.8 Å². The Hall–Kier alpha value is -3.73. The minimum Gasteiger partial charge on any atom is -0.497 e. The first-order chi connectivity index (χ1) is 15.5. The van der Waals surface area contributed by atoms with Crippen LogP contribution in [0.4, 0.5) is 5.69 Å². The molecule has 1 fully saturated rings. The largest absolute Gasteiger partial charge is 0.497 e. The van der Waals surface area contributed by atoms with Crippen LogP contribution in [0.15, 0.2) is 72.8 Å². The SMILES string of the molecule is COc1ccc(N2C(=O)[C@@H]3C4c5ccccc5C(C(C)=O)(c5ccccc54)[C@H]3C2=O)cc1. The lowest BCUT2D eigenvalue weighted by Gasteiger charge is -2.52. The lowest BCUT2D eigenvalue weighted by Crippen LogP contribution is -2.57. The third-order valence-corrected chi connectivity index (χ3v) is 7.50. The van der Waals surface area contributed by atoms with E-state index < -0.39 is 17.3 Å². The van der Waals surface area contributed by atoms with Crippen LogP contribution in [0.25, 0.3) is 0 Å². The fourth-order valence-corrected chi connectivity index (χ4v) is 6.36. The standard InChI is InChI=1S/C27H21NO4/c1-15(29)27-20-9-5-3-7-18(20)22(19-8-4-6-10-21(19)27)23-24(27)26(31)28(25(23)30)16-11-13-17(32-2)14-12-16/h3-14,22-24H,1-2H3/t22?,23-,24-,27?/m1/s1.